The van der Waals surface area contributed by atoms with E-state index in [0.29, 0.717) is 18.8 Å². The summed E-state index contributed by atoms with van der Waals surface area (Å²) in [6.07, 6.45) is 0. The van der Waals surface area contributed by atoms with E-state index in [1.54, 1.807) is 0 Å². The highest BCUT2D eigenvalue weighted by atomic mass is 16.2. The van der Waals surface area contributed by atoms with Crippen LogP contribution in [0.3, 0.4) is 0 Å². The predicted octanol–water partition coefficient (Wildman–Crippen LogP) is 1.18. The minimum atomic E-state index is -0.129. The molecule has 6 N–H and O–H groups in total. The lowest BCUT2D eigenvalue weighted by Gasteiger charge is -2.36. The van der Waals surface area contributed by atoms with Crippen LogP contribution < -0.4 is 22.1 Å². The van der Waals surface area contributed by atoms with Gasteiger partial charge in [-0.3, -0.25) is 4.79 Å². The van der Waals surface area contributed by atoms with Gasteiger partial charge in [0.05, 0.1) is 5.69 Å². The second-order valence-corrected chi connectivity index (χ2v) is 6.62. The number of carbonyl (C=O) groups is 1. The summed E-state index contributed by atoms with van der Waals surface area (Å²) in [6, 6.07) is 15.4. The highest BCUT2D eigenvalue weighted by Crippen LogP contribution is 2.22. The topological polar surface area (TPSA) is 126 Å². The fourth-order valence-corrected chi connectivity index (χ4v) is 3.18. The zero-order chi connectivity index (χ0) is 20.1. The first-order chi connectivity index (χ1) is 13.4. The molecule has 3 rings (SSSR count). The van der Waals surface area contributed by atoms with Gasteiger partial charge in [-0.25, -0.2) is 4.99 Å². The van der Waals surface area contributed by atoms with Crippen LogP contribution in [0.4, 0.5) is 11.4 Å². The minimum Gasteiger partial charge on any atom is -0.370 e. The van der Waals surface area contributed by atoms with Crippen LogP contribution in [0.2, 0.25) is 0 Å². The lowest BCUT2D eigenvalue weighted by molar-refractivity contribution is 0.0746. The maximum atomic E-state index is 12.7. The van der Waals surface area contributed by atoms with E-state index >= 15 is 0 Å². The van der Waals surface area contributed by atoms with E-state index in [1.165, 1.54) is 0 Å². The number of rotatable bonds is 3. The molecule has 1 heterocycles. The molecule has 0 radical (unpaired) electrons. The lowest BCUT2D eigenvalue weighted by atomic mass is 10.1. The Kier molecular flexibility index (Phi) is 5.78. The van der Waals surface area contributed by atoms with Gasteiger partial charge < -0.3 is 27.0 Å². The van der Waals surface area contributed by atoms with Crippen molar-refractivity contribution < 1.29 is 4.79 Å². The van der Waals surface area contributed by atoms with Crippen LogP contribution in [0.1, 0.15) is 15.9 Å². The Morgan fingerprint density at radius 2 is 1.57 bits per heavy atom. The van der Waals surface area contributed by atoms with Crippen LogP contribution in [0.5, 0.6) is 0 Å². The van der Waals surface area contributed by atoms with Gasteiger partial charge in [-0.05, 0) is 42.8 Å². The molecule has 28 heavy (non-hydrogen) atoms. The average Bonchev–Trinajstić information content (AvgIpc) is 2.68. The summed E-state index contributed by atoms with van der Waals surface area (Å²) >= 11 is 0. The van der Waals surface area contributed by atoms with Gasteiger partial charge in [0.25, 0.3) is 5.91 Å². The quantitative estimate of drug-likeness (QED) is 0.545. The molecule has 1 aliphatic heterocycles. The number of nitrogens with two attached hydrogens (primary N) is 3. The van der Waals surface area contributed by atoms with Crippen LogP contribution in [0, 0.1) is 6.92 Å². The molecule has 2 aromatic rings. The molecule has 146 valence electrons. The molecule has 1 fully saturated rings. The molecule has 0 aromatic heterocycles. The van der Waals surface area contributed by atoms with E-state index in [-0.39, 0.29) is 17.8 Å². The molecule has 1 amide bonds. The van der Waals surface area contributed by atoms with Crippen LogP contribution in [-0.2, 0) is 0 Å². The Morgan fingerprint density at radius 3 is 2.18 bits per heavy atom. The lowest BCUT2D eigenvalue weighted by Crippen LogP contribution is -2.48. The van der Waals surface area contributed by atoms with E-state index in [1.807, 2.05) is 60.4 Å². The van der Waals surface area contributed by atoms with Crippen LogP contribution in [0.15, 0.2) is 58.5 Å². The predicted molar refractivity (Wildman–Crippen MR) is 113 cm³/mol. The number of aryl methyl sites for hydroxylation is 1. The number of piperazine rings is 1. The SMILES string of the molecule is Cc1ccccc1C(=O)N1CCN(c2ccc(N=C(N)N=C(N)N)cc2)CC1. The Labute approximate surface area is 164 Å². The highest BCUT2D eigenvalue weighted by Gasteiger charge is 2.23. The molecule has 8 nitrogen and oxygen atoms in total. The fourth-order valence-electron chi connectivity index (χ4n) is 3.18. The fraction of sp³-hybridized carbons (Fsp3) is 0.250. The normalized spacial score (nSPS) is 14.7. The van der Waals surface area contributed by atoms with E-state index in [4.69, 9.17) is 17.2 Å². The first-order valence-electron chi connectivity index (χ1n) is 9.08. The third kappa shape index (κ3) is 4.59. The van der Waals surface area contributed by atoms with Crippen molar-refractivity contribution >= 4 is 29.2 Å². The Bertz CT molecular complexity index is 893. The molecule has 0 unspecified atom stereocenters. The molecule has 2 aromatic carbocycles. The highest BCUT2D eigenvalue weighted by molar-refractivity contribution is 5.96. The van der Waals surface area contributed by atoms with E-state index < -0.39 is 0 Å². The summed E-state index contributed by atoms with van der Waals surface area (Å²) < 4.78 is 0. The van der Waals surface area contributed by atoms with Crippen molar-refractivity contribution in [2.75, 3.05) is 31.1 Å². The largest absolute Gasteiger partial charge is 0.370 e. The molecule has 1 aliphatic rings. The average molecular weight is 379 g/mol. The number of guanidine groups is 2. The molecular weight excluding hydrogens is 354 g/mol. The van der Waals surface area contributed by atoms with Crippen molar-refractivity contribution in [3.63, 3.8) is 0 Å². The van der Waals surface area contributed by atoms with Crippen molar-refractivity contribution in [1.29, 1.82) is 0 Å². The second kappa shape index (κ2) is 8.43. The zero-order valence-corrected chi connectivity index (χ0v) is 15.9. The molecule has 0 spiro atoms. The summed E-state index contributed by atoms with van der Waals surface area (Å²) in [4.78, 5) is 24.7. The van der Waals surface area contributed by atoms with Gasteiger partial charge in [0.1, 0.15) is 0 Å². The maximum absolute atomic E-state index is 12.7. The minimum absolute atomic E-state index is 0.0103. The van der Waals surface area contributed by atoms with Gasteiger partial charge in [0.2, 0.25) is 5.96 Å². The molecule has 0 atom stereocenters. The Morgan fingerprint density at radius 1 is 0.929 bits per heavy atom. The summed E-state index contributed by atoms with van der Waals surface area (Å²) in [5, 5.41) is 0. The number of hydrogen-bond donors (Lipinski definition) is 3. The van der Waals surface area contributed by atoms with Gasteiger partial charge in [-0.2, -0.15) is 4.99 Å². The Hall–Kier alpha value is -3.55. The smallest absolute Gasteiger partial charge is 0.254 e. The monoisotopic (exact) mass is 379 g/mol. The second-order valence-electron chi connectivity index (χ2n) is 6.62. The van der Waals surface area contributed by atoms with Gasteiger partial charge >= 0.3 is 0 Å². The van der Waals surface area contributed by atoms with Gasteiger partial charge in [-0.1, -0.05) is 18.2 Å². The van der Waals surface area contributed by atoms with Crippen LogP contribution in [0.25, 0.3) is 0 Å². The third-order valence-corrected chi connectivity index (χ3v) is 4.64. The standard InChI is InChI=1S/C20H25N7O/c1-14-4-2-3-5-17(14)18(28)27-12-10-26(11-13-27)16-8-6-15(7-9-16)24-20(23)25-19(21)22/h2-9H,10-13H2,1H3,(H6,21,22,23,24,25). The summed E-state index contributed by atoms with van der Waals surface area (Å²) in [5.74, 6) is -0.0234. The number of amides is 1. The molecular formula is C20H25N7O. The third-order valence-electron chi connectivity index (χ3n) is 4.64. The van der Waals surface area contributed by atoms with E-state index in [2.05, 4.69) is 14.9 Å². The molecule has 0 bridgehead atoms. The first kappa shape index (κ1) is 19.2. The molecule has 1 saturated heterocycles. The van der Waals surface area contributed by atoms with Gasteiger partial charge in [0.15, 0.2) is 5.96 Å². The van der Waals surface area contributed by atoms with Crippen molar-refractivity contribution in [3.05, 3.63) is 59.7 Å². The summed E-state index contributed by atoms with van der Waals surface area (Å²) in [7, 11) is 0. The number of benzene rings is 2. The number of nitrogens with zero attached hydrogens (tertiary/aromatic N) is 4. The zero-order valence-electron chi connectivity index (χ0n) is 15.9. The van der Waals surface area contributed by atoms with Crippen LogP contribution >= 0.6 is 0 Å². The van der Waals surface area contributed by atoms with Crippen molar-refractivity contribution in [3.8, 4) is 0 Å². The summed E-state index contributed by atoms with van der Waals surface area (Å²) in [5.41, 5.74) is 19.7. The van der Waals surface area contributed by atoms with E-state index in [9.17, 15) is 4.79 Å². The summed E-state index contributed by atoms with van der Waals surface area (Å²) in [6.45, 7) is 4.88. The molecule has 0 saturated carbocycles. The number of hydrogen-bond acceptors (Lipinski definition) is 3. The number of carbonyl (C=O) groups excluding carboxylic acids is 1. The Balaban J connectivity index is 1.61. The molecule has 0 aliphatic carbocycles. The van der Waals surface area contributed by atoms with Crippen molar-refractivity contribution in [2.45, 2.75) is 6.92 Å². The van der Waals surface area contributed by atoms with E-state index in [0.717, 1.165) is 29.9 Å². The first-order valence-corrected chi connectivity index (χ1v) is 9.08. The number of aliphatic imine (C=N–C) groups is 2. The van der Waals surface area contributed by atoms with Gasteiger partial charge in [-0.15, -0.1) is 0 Å². The van der Waals surface area contributed by atoms with Gasteiger partial charge in [0, 0.05) is 37.4 Å². The number of anilines is 1. The van der Waals surface area contributed by atoms with Crippen molar-refractivity contribution in [1.82, 2.24) is 4.90 Å². The maximum Gasteiger partial charge on any atom is 0.254 e. The molecule has 8 heteroatoms. The van der Waals surface area contributed by atoms with Crippen molar-refractivity contribution in [2.24, 2.45) is 27.2 Å². The van der Waals surface area contributed by atoms with Crippen LogP contribution in [-0.4, -0.2) is 48.9 Å².